The second-order valence-corrected chi connectivity index (χ2v) is 8.63. The predicted octanol–water partition coefficient (Wildman–Crippen LogP) is 2.96. The minimum atomic E-state index is -1.30. The zero-order valence-corrected chi connectivity index (χ0v) is 16.5. The van der Waals surface area contributed by atoms with Crippen molar-refractivity contribution in [3.05, 3.63) is 48.4 Å². The molecule has 8 heteroatoms. The summed E-state index contributed by atoms with van der Waals surface area (Å²) in [6, 6.07) is 10.4. The Morgan fingerprint density at radius 2 is 2.07 bits per heavy atom. The summed E-state index contributed by atoms with van der Waals surface area (Å²) in [5.41, 5.74) is -0.482. The summed E-state index contributed by atoms with van der Waals surface area (Å²) in [6.45, 7) is 3.94. The van der Waals surface area contributed by atoms with Gasteiger partial charge in [-0.05, 0) is 37.6 Å². The second kappa shape index (κ2) is 7.01. The highest BCUT2D eigenvalue weighted by molar-refractivity contribution is 8.00. The summed E-state index contributed by atoms with van der Waals surface area (Å²) in [6.07, 6.45) is 2.27. The number of nitrogens with zero attached hydrogens (tertiary/aromatic N) is 2. The Labute approximate surface area is 167 Å². The molecule has 0 bridgehead atoms. The average molecular weight is 399 g/mol. The topological polar surface area (TPSA) is 82.9 Å². The Bertz CT molecular complexity index is 929. The first-order chi connectivity index (χ1) is 13.4. The molecule has 0 aliphatic carbocycles. The van der Waals surface area contributed by atoms with Crippen molar-refractivity contribution in [1.29, 1.82) is 0 Å². The quantitative estimate of drug-likeness (QED) is 0.803. The highest BCUT2D eigenvalue weighted by atomic mass is 32.2. The summed E-state index contributed by atoms with van der Waals surface area (Å²) >= 11 is 1.73. The van der Waals surface area contributed by atoms with Crippen LogP contribution in [0.5, 0.6) is 0 Å². The number of thioether (sulfide) groups is 1. The molecule has 1 N–H and O–H groups in total. The molecule has 0 unspecified atom stereocenters. The van der Waals surface area contributed by atoms with E-state index in [1.54, 1.807) is 35.7 Å². The Morgan fingerprint density at radius 3 is 2.82 bits per heavy atom. The number of carbonyl (C=O) groups excluding carboxylic acids is 3. The molecule has 1 saturated heterocycles. The van der Waals surface area contributed by atoms with Crippen LogP contribution in [-0.4, -0.2) is 41.1 Å². The van der Waals surface area contributed by atoms with Gasteiger partial charge in [-0.1, -0.05) is 19.1 Å². The summed E-state index contributed by atoms with van der Waals surface area (Å²) in [4.78, 5) is 42.1. The van der Waals surface area contributed by atoms with Crippen molar-refractivity contribution in [2.45, 2.75) is 36.0 Å². The number of fused-ring (bicyclic) bond motifs is 1. The van der Waals surface area contributed by atoms with Crippen molar-refractivity contribution in [3.63, 3.8) is 0 Å². The molecule has 1 fully saturated rings. The van der Waals surface area contributed by atoms with Crippen LogP contribution in [-0.2, 0) is 15.1 Å². The number of urea groups is 1. The fourth-order valence-corrected chi connectivity index (χ4v) is 4.65. The fraction of sp³-hybridized carbons (Fsp3) is 0.350. The van der Waals surface area contributed by atoms with Gasteiger partial charge in [-0.15, -0.1) is 11.8 Å². The third-order valence-corrected chi connectivity index (χ3v) is 6.36. The van der Waals surface area contributed by atoms with Gasteiger partial charge in [0.25, 0.3) is 5.91 Å². The molecule has 4 rings (SSSR count). The van der Waals surface area contributed by atoms with Crippen LogP contribution in [0.25, 0.3) is 0 Å². The van der Waals surface area contributed by atoms with E-state index in [2.05, 4.69) is 12.2 Å². The summed E-state index contributed by atoms with van der Waals surface area (Å²) in [7, 11) is 0. The molecule has 2 aliphatic heterocycles. The van der Waals surface area contributed by atoms with Gasteiger partial charge in [0, 0.05) is 16.7 Å². The first-order valence-corrected chi connectivity index (χ1v) is 10.0. The molecular formula is C20H21N3O4S. The normalized spacial score (nSPS) is 24.7. The van der Waals surface area contributed by atoms with Gasteiger partial charge in [0.15, 0.2) is 5.54 Å². The number of hydrogen-bond acceptors (Lipinski definition) is 5. The Hall–Kier alpha value is -2.74. The lowest BCUT2D eigenvalue weighted by molar-refractivity contribution is -0.134. The van der Waals surface area contributed by atoms with Crippen LogP contribution >= 0.6 is 11.8 Å². The van der Waals surface area contributed by atoms with E-state index in [4.69, 9.17) is 4.42 Å². The number of imide groups is 1. The molecule has 3 heterocycles. The molecule has 0 radical (unpaired) electrons. The number of anilines is 1. The molecule has 2 aromatic rings. The second-order valence-electron chi connectivity index (χ2n) is 7.15. The molecule has 1 aromatic heterocycles. The van der Waals surface area contributed by atoms with Crippen LogP contribution in [0.1, 0.15) is 26.0 Å². The third kappa shape index (κ3) is 3.07. The number of hydrogen-bond donors (Lipinski definition) is 1. The van der Waals surface area contributed by atoms with Crippen molar-refractivity contribution in [1.82, 2.24) is 10.2 Å². The monoisotopic (exact) mass is 399 g/mol. The van der Waals surface area contributed by atoms with Crippen LogP contribution in [0.2, 0.25) is 0 Å². The van der Waals surface area contributed by atoms with E-state index in [0.29, 0.717) is 17.6 Å². The van der Waals surface area contributed by atoms with Gasteiger partial charge in [-0.25, -0.2) is 4.79 Å². The summed E-state index contributed by atoms with van der Waals surface area (Å²) in [5, 5.41) is 3.02. The molecule has 0 spiro atoms. The molecule has 1 aromatic carbocycles. The largest absolute Gasteiger partial charge is 0.466 e. The van der Waals surface area contributed by atoms with Gasteiger partial charge >= 0.3 is 6.03 Å². The maximum absolute atomic E-state index is 13.1. The number of carbonyl (C=O) groups is 3. The Kier molecular flexibility index (Phi) is 4.66. The predicted molar refractivity (Wildman–Crippen MR) is 105 cm³/mol. The average Bonchev–Trinajstić information content (AvgIpc) is 3.23. The number of benzene rings is 1. The lowest BCUT2D eigenvalue weighted by atomic mass is 9.99. The van der Waals surface area contributed by atoms with Gasteiger partial charge in [0.1, 0.15) is 12.3 Å². The molecule has 146 valence electrons. The van der Waals surface area contributed by atoms with Gasteiger partial charge in [0.05, 0.1) is 12.0 Å². The smallest absolute Gasteiger partial charge is 0.325 e. The maximum atomic E-state index is 13.1. The first kappa shape index (κ1) is 18.6. The number of para-hydroxylation sites is 1. The molecule has 4 amide bonds. The van der Waals surface area contributed by atoms with Crippen molar-refractivity contribution in [3.8, 4) is 0 Å². The number of nitrogens with one attached hydrogen (secondary N) is 1. The lowest BCUT2D eigenvalue weighted by Crippen LogP contribution is -2.45. The highest BCUT2D eigenvalue weighted by Gasteiger charge is 2.51. The van der Waals surface area contributed by atoms with E-state index in [1.807, 2.05) is 24.3 Å². The summed E-state index contributed by atoms with van der Waals surface area (Å²) < 4.78 is 5.32. The Morgan fingerprint density at radius 1 is 1.29 bits per heavy atom. The number of amides is 4. The zero-order valence-electron chi connectivity index (χ0n) is 15.7. The van der Waals surface area contributed by atoms with Crippen LogP contribution in [0.3, 0.4) is 0 Å². The third-order valence-electron chi connectivity index (χ3n) is 5.13. The van der Waals surface area contributed by atoms with Crippen molar-refractivity contribution in [2.24, 2.45) is 0 Å². The van der Waals surface area contributed by atoms with Crippen LogP contribution in [0.15, 0.2) is 52.0 Å². The van der Waals surface area contributed by atoms with Crippen LogP contribution in [0, 0.1) is 0 Å². The van der Waals surface area contributed by atoms with Crippen molar-refractivity contribution >= 4 is 35.3 Å². The van der Waals surface area contributed by atoms with Gasteiger partial charge in [0.2, 0.25) is 5.91 Å². The van der Waals surface area contributed by atoms with Gasteiger partial charge < -0.3 is 14.6 Å². The number of rotatable bonds is 3. The van der Waals surface area contributed by atoms with E-state index >= 15 is 0 Å². The lowest BCUT2D eigenvalue weighted by Gasteiger charge is -2.25. The molecule has 2 atom stereocenters. The van der Waals surface area contributed by atoms with E-state index in [-0.39, 0.29) is 12.5 Å². The summed E-state index contributed by atoms with van der Waals surface area (Å²) in [5.74, 6) is -0.438. The Balaban J connectivity index is 1.57. The van der Waals surface area contributed by atoms with E-state index in [0.717, 1.165) is 21.9 Å². The SMILES string of the molecule is C[C@H]1CCN(C(=O)CN2C(=O)N[C@@](C)(c3ccco3)C2=O)c2ccccc2S1. The van der Waals surface area contributed by atoms with Gasteiger partial charge in [-0.3, -0.25) is 14.5 Å². The molecule has 0 saturated carbocycles. The van der Waals surface area contributed by atoms with Crippen molar-refractivity contribution < 1.29 is 18.8 Å². The molecule has 7 nitrogen and oxygen atoms in total. The fourth-order valence-electron chi connectivity index (χ4n) is 3.54. The van der Waals surface area contributed by atoms with Crippen LogP contribution < -0.4 is 10.2 Å². The van der Waals surface area contributed by atoms with E-state index in [9.17, 15) is 14.4 Å². The highest BCUT2D eigenvalue weighted by Crippen LogP contribution is 2.37. The maximum Gasteiger partial charge on any atom is 0.325 e. The van der Waals surface area contributed by atoms with Gasteiger partial charge in [-0.2, -0.15) is 0 Å². The molecule has 28 heavy (non-hydrogen) atoms. The van der Waals surface area contributed by atoms with Crippen LogP contribution in [0.4, 0.5) is 10.5 Å². The standard InChI is InChI=1S/C20H21N3O4S/c1-13-9-10-22(14-6-3-4-7-15(14)28-13)17(24)12-23-18(25)20(2,21-19(23)26)16-8-5-11-27-16/h3-8,11,13H,9-10,12H2,1-2H3,(H,21,26)/t13-,20-/m0/s1. The minimum Gasteiger partial charge on any atom is -0.466 e. The van der Waals surface area contributed by atoms with E-state index in [1.165, 1.54) is 6.26 Å². The molecular weight excluding hydrogens is 378 g/mol. The number of furan rings is 1. The van der Waals surface area contributed by atoms with E-state index < -0.39 is 17.5 Å². The molecule has 2 aliphatic rings. The minimum absolute atomic E-state index is 0.283. The van der Waals surface area contributed by atoms with Crippen molar-refractivity contribution in [2.75, 3.05) is 18.0 Å². The zero-order chi connectivity index (χ0) is 19.9. The first-order valence-electron chi connectivity index (χ1n) is 9.14.